The highest BCUT2D eigenvalue weighted by Crippen LogP contribution is 2.17. The van der Waals surface area contributed by atoms with Crippen LogP contribution in [0.1, 0.15) is 16.2 Å². The quantitative estimate of drug-likeness (QED) is 0.729. The van der Waals surface area contributed by atoms with Crippen LogP contribution in [0, 0.1) is 0 Å². The van der Waals surface area contributed by atoms with Crippen molar-refractivity contribution >= 4 is 27.5 Å². The number of imidazole rings is 1. The maximum Gasteiger partial charge on any atom is 0.273 e. The summed E-state index contributed by atoms with van der Waals surface area (Å²) >= 11 is 3.35. The molecule has 7 heteroatoms. The van der Waals surface area contributed by atoms with Crippen molar-refractivity contribution in [3.05, 3.63) is 52.7 Å². The molecule has 3 heterocycles. The van der Waals surface area contributed by atoms with Crippen LogP contribution in [0.15, 0.2) is 41.3 Å². The molecule has 0 aliphatic heterocycles. The monoisotopic (exact) mass is 347 g/mol. The van der Waals surface area contributed by atoms with Crippen LogP contribution in [0.5, 0.6) is 0 Å². The number of aryl methyl sites for hydroxylation is 1. The van der Waals surface area contributed by atoms with Gasteiger partial charge in [-0.15, -0.1) is 0 Å². The van der Waals surface area contributed by atoms with E-state index in [1.54, 1.807) is 29.9 Å². The molecular formula is C14H14BrN5O. The number of hydrogen-bond acceptors (Lipinski definition) is 3. The largest absolute Gasteiger partial charge is 0.334 e. The molecule has 0 aliphatic rings. The Bertz CT molecular complexity index is 754. The number of aromatic nitrogens is 4. The third-order valence-electron chi connectivity index (χ3n) is 3.26. The Hall–Kier alpha value is -2.15. The minimum Gasteiger partial charge on any atom is -0.334 e. The van der Waals surface area contributed by atoms with E-state index in [1.165, 1.54) is 0 Å². The van der Waals surface area contributed by atoms with Crippen LogP contribution in [0.3, 0.4) is 0 Å². The molecular weight excluding hydrogens is 334 g/mol. The number of carbonyl (C=O) groups is 1. The third kappa shape index (κ3) is 2.56. The summed E-state index contributed by atoms with van der Waals surface area (Å²) in [5.41, 5.74) is 2.24. The summed E-state index contributed by atoms with van der Waals surface area (Å²) in [5.74, 6) is -0.0982. The zero-order valence-electron chi connectivity index (χ0n) is 11.7. The molecule has 0 aromatic carbocycles. The fourth-order valence-electron chi connectivity index (χ4n) is 2.21. The lowest BCUT2D eigenvalue weighted by atomic mass is 10.3. The minimum absolute atomic E-state index is 0.0982. The van der Waals surface area contributed by atoms with Crippen LogP contribution in [0.4, 0.5) is 0 Å². The fraction of sp³-hybridized carbons (Fsp3) is 0.214. The summed E-state index contributed by atoms with van der Waals surface area (Å²) in [4.78, 5) is 18.6. The maximum absolute atomic E-state index is 12.5. The van der Waals surface area contributed by atoms with E-state index in [0.717, 1.165) is 11.3 Å². The molecule has 0 N–H and O–H groups in total. The van der Waals surface area contributed by atoms with E-state index in [0.29, 0.717) is 16.7 Å². The summed E-state index contributed by atoms with van der Waals surface area (Å²) < 4.78 is 4.19. The first-order valence-electron chi connectivity index (χ1n) is 6.42. The molecule has 0 radical (unpaired) electrons. The van der Waals surface area contributed by atoms with Gasteiger partial charge in [0, 0.05) is 26.5 Å². The normalized spacial score (nSPS) is 11.0. The highest BCUT2D eigenvalue weighted by Gasteiger charge is 2.20. The van der Waals surface area contributed by atoms with Crippen molar-refractivity contribution in [2.75, 3.05) is 7.05 Å². The van der Waals surface area contributed by atoms with Gasteiger partial charge >= 0.3 is 0 Å². The second-order valence-electron chi connectivity index (χ2n) is 4.82. The zero-order valence-corrected chi connectivity index (χ0v) is 13.3. The number of amides is 1. The Morgan fingerprint density at radius 3 is 2.90 bits per heavy atom. The van der Waals surface area contributed by atoms with Crippen molar-refractivity contribution in [1.29, 1.82) is 0 Å². The molecule has 0 atom stereocenters. The molecule has 3 aromatic heterocycles. The van der Waals surface area contributed by atoms with Gasteiger partial charge in [-0.05, 0) is 28.1 Å². The molecule has 0 saturated heterocycles. The van der Waals surface area contributed by atoms with E-state index in [4.69, 9.17) is 0 Å². The maximum atomic E-state index is 12.5. The smallest absolute Gasteiger partial charge is 0.273 e. The van der Waals surface area contributed by atoms with E-state index < -0.39 is 0 Å². The average molecular weight is 348 g/mol. The van der Waals surface area contributed by atoms with Gasteiger partial charge in [-0.1, -0.05) is 6.07 Å². The van der Waals surface area contributed by atoms with Gasteiger partial charge in [0.15, 0.2) is 0 Å². The van der Waals surface area contributed by atoms with Crippen molar-refractivity contribution in [2.45, 2.75) is 6.54 Å². The Kier molecular flexibility index (Phi) is 3.50. The van der Waals surface area contributed by atoms with E-state index in [9.17, 15) is 4.79 Å². The van der Waals surface area contributed by atoms with Crippen LogP contribution < -0.4 is 0 Å². The van der Waals surface area contributed by atoms with Crippen LogP contribution in [-0.2, 0) is 13.6 Å². The Balaban J connectivity index is 1.82. The van der Waals surface area contributed by atoms with Crippen LogP contribution in [0.25, 0.3) is 5.65 Å². The summed E-state index contributed by atoms with van der Waals surface area (Å²) in [6, 6.07) is 5.82. The standard InChI is InChI=1S/C14H14BrN5O/c1-18(14(21)13-11(15)7-16-19(13)2)8-10-9-20-6-4-3-5-12(20)17-10/h3-7,9H,8H2,1-2H3. The lowest BCUT2D eigenvalue weighted by molar-refractivity contribution is 0.0771. The van der Waals surface area contributed by atoms with E-state index in [1.807, 2.05) is 35.0 Å². The molecule has 3 rings (SSSR count). The lowest BCUT2D eigenvalue weighted by Crippen LogP contribution is -2.28. The zero-order chi connectivity index (χ0) is 15.0. The highest BCUT2D eigenvalue weighted by molar-refractivity contribution is 9.10. The van der Waals surface area contributed by atoms with Gasteiger partial charge in [0.2, 0.25) is 0 Å². The van der Waals surface area contributed by atoms with E-state index in [2.05, 4.69) is 26.0 Å². The first-order chi connectivity index (χ1) is 10.1. The number of hydrogen-bond donors (Lipinski definition) is 0. The molecule has 0 fully saturated rings. The number of fused-ring (bicyclic) bond motifs is 1. The summed E-state index contributed by atoms with van der Waals surface area (Å²) in [6.07, 6.45) is 5.48. The second kappa shape index (κ2) is 5.33. The van der Waals surface area contributed by atoms with E-state index in [-0.39, 0.29) is 5.91 Å². The molecule has 0 saturated carbocycles. The Labute approximate surface area is 130 Å². The van der Waals surface area contributed by atoms with Gasteiger partial charge in [-0.2, -0.15) is 5.10 Å². The SMILES string of the molecule is CN(Cc1cn2ccccc2n1)C(=O)c1c(Br)cnn1C. The van der Waals surface area contributed by atoms with Crippen LogP contribution >= 0.6 is 15.9 Å². The van der Waals surface area contributed by atoms with Crippen molar-refractivity contribution in [2.24, 2.45) is 7.05 Å². The van der Waals surface area contributed by atoms with Gasteiger partial charge in [0.05, 0.1) is 22.9 Å². The van der Waals surface area contributed by atoms with E-state index >= 15 is 0 Å². The summed E-state index contributed by atoms with van der Waals surface area (Å²) in [6.45, 7) is 0.443. The summed E-state index contributed by atoms with van der Waals surface area (Å²) in [7, 11) is 3.50. The molecule has 0 spiro atoms. The predicted molar refractivity (Wildman–Crippen MR) is 81.9 cm³/mol. The number of carbonyl (C=O) groups excluding carboxylic acids is 1. The highest BCUT2D eigenvalue weighted by atomic mass is 79.9. The molecule has 0 aliphatic carbocycles. The van der Waals surface area contributed by atoms with Crippen molar-refractivity contribution < 1.29 is 4.79 Å². The second-order valence-corrected chi connectivity index (χ2v) is 5.68. The fourth-order valence-corrected chi connectivity index (χ4v) is 2.73. The van der Waals surface area contributed by atoms with Gasteiger partial charge < -0.3 is 9.30 Å². The van der Waals surface area contributed by atoms with Gasteiger partial charge in [0.25, 0.3) is 5.91 Å². The number of nitrogens with zero attached hydrogens (tertiary/aromatic N) is 5. The van der Waals surface area contributed by atoms with Crippen molar-refractivity contribution in [3.8, 4) is 0 Å². The average Bonchev–Trinajstić information content (AvgIpc) is 3.01. The van der Waals surface area contributed by atoms with Gasteiger partial charge in [-0.3, -0.25) is 9.48 Å². The number of halogens is 1. The first kappa shape index (κ1) is 13.8. The molecule has 1 amide bonds. The Morgan fingerprint density at radius 2 is 2.24 bits per heavy atom. The molecule has 108 valence electrons. The molecule has 0 bridgehead atoms. The molecule has 21 heavy (non-hydrogen) atoms. The third-order valence-corrected chi connectivity index (χ3v) is 3.84. The molecule has 6 nitrogen and oxygen atoms in total. The van der Waals surface area contributed by atoms with Crippen molar-refractivity contribution in [3.63, 3.8) is 0 Å². The Morgan fingerprint density at radius 1 is 1.43 bits per heavy atom. The van der Waals surface area contributed by atoms with Gasteiger partial charge in [0.1, 0.15) is 11.3 Å². The first-order valence-corrected chi connectivity index (χ1v) is 7.21. The van der Waals surface area contributed by atoms with Crippen LogP contribution in [-0.4, -0.2) is 37.0 Å². The number of rotatable bonds is 3. The van der Waals surface area contributed by atoms with Crippen molar-refractivity contribution in [1.82, 2.24) is 24.1 Å². The summed E-state index contributed by atoms with van der Waals surface area (Å²) in [5, 5.41) is 4.06. The molecule has 3 aromatic rings. The minimum atomic E-state index is -0.0982. The molecule has 0 unspecified atom stereocenters. The lowest BCUT2D eigenvalue weighted by Gasteiger charge is -2.16. The van der Waals surface area contributed by atoms with Crippen LogP contribution in [0.2, 0.25) is 0 Å². The predicted octanol–water partition coefficient (Wildman–Crippen LogP) is 2.10. The topological polar surface area (TPSA) is 55.4 Å². The van der Waals surface area contributed by atoms with Gasteiger partial charge in [-0.25, -0.2) is 4.98 Å². The number of pyridine rings is 1.